The highest BCUT2D eigenvalue weighted by Crippen LogP contribution is 2.23. The summed E-state index contributed by atoms with van der Waals surface area (Å²) in [5, 5.41) is 5.97. The van der Waals surface area contributed by atoms with E-state index in [0.717, 1.165) is 29.3 Å². The van der Waals surface area contributed by atoms with Crippen molar-refractivity contribution >= 4 is 17.3 Å². The van der Waals surface area contributed by atoms with Gasteiger partial charge in [0.15, 0.2) is 0 Å². The van der Waals surface area contributed by atoms with Crippen LogP contribution in [0.2, 0.25) is 0 Å². The summed E-state index contributed by atoms with van der Waals surface area (Å²) in [6, 6.07) is 15.0. The lowest BCUT2D eigenvalue weighted by Gasteiger charge is -2.12. The first-order chi connectivity index (χ1) is 12.6. The number of nitrogens with one attached hydrogen (secondary N) is 2. The average molecular weight is 356 g/mol. The molecule has 2 aromatic rings. The highest BCUT2D eigenvalue weighted by Gasteiger charge is 2.06. The quantitative estimate of drug-likeness (QED) is 0.655. The minimum absolute atomic E-state index is 0.121. The molecule has 2 aromatic carbocycles. The first-order valence-electron chi connectivity index (χ1n) is 9.07. The predicted octanol–water partition coefficient (Wildman–Crippen LogP) is 4.56. The molecule has 140 valence electrons. The SMILES string of the molecule is CCOc1ccccc1NCC(=O)Nc1ccc(OCCC(C)C)cc1. The standard InChI is InChI=1S/C21H28N2O3/c1-4-25-20-8-6-5-7-19(20)22-15-21(24)23-17-9-11-18(12-10-17)26-14-13-16(2)3/h5-12,16,22H,4,13-15H2,1-3H3,(H,23,24). The van der Waals surface area contributed by atoms with Crippen molar-refractivity contribution in [3.63, 3.8) is 0 Å². The first kappa shape index (κ1) is 19.6. The average Bonchev–Trinajstić information content (AvgIpc) is 2.62. The maximum Gasteiger partial charge on any atom is 0.243 e. The number of rotatable bonds is 10. The summed E-state index contributed by atoms with van der Waals surface area (Å²) in [5.41, 5.74) is 1.55. The Morgan fingerprint density at radius 1 is 1.04 bits per heavy atom. The minimum Gasteiger partial charge on any atom is -0.494 e. The van der Waals surface area contributed by atoms with Gasteiger partial charge in [0.25, 0.3) is 0 Å². The number of carbonyl (C=O) groups excluding carboxylic acids is 1. The molecule has 0 spiro atoms. The zero-order valence-electron chi connectivity index (χ0n) is 15.7. The van der Waals surface area contributed by atoms with Crippen LogP contribution in [0.15, 0.2) is 48.5 Å². The Bertz CT molecular complexity index is 684. The van der Waals surface area contributed by atoms with Gasteiger partial charge in [-0.2, -0.15) is 0 Å². The Labute approximate surface area is 155 Å². The number of hydrogen-bond donors (Lipinski definition) is 2. The normalized spacial score (nSPS) is 10.5. The van der Waals surface area contributed by atoms with Gasteiger partial charge in [-0.25, -0.2) is 0 Å². The van der Waals surface area contributed by atoms with Crippen LogP contribution in [-0.4, -0.2) is 25.7 Å². The highest BCUT2D eigenvalue weighted by atomic mass is 16.5. The number of para-hydroxylation sites is 2. The first-order valence-corrected chi connectivity index (χ1v) is 9.07. The molecule has 0 fully saturated rings. The lowest BCUT2D eigenvalue weighted by atomic mass is 10.1. The topological polar surface area (TPSA) is 59.6 Å². The van der Waals surface area contributed by atoms with E-state index in [9.17, 15) is 4.79 Å². The Morgan fingerprint density at radius 2 is 1.77 bits per heavy atom. The molecule has 0 aliphatic heterocycles. The van der Waals surface area contributed by atoms with Gasteiger partial charge in [0.1, 0.15) is 11.5 Å². The second kappa shape index (κ2) is 10.3. The van der Waals surface area contributed by atoms with E-state index in [1.165, 1.54) is 0 Å². The number of benzene rings is 2. The maximum absolute atomic E-state index is 12.1. The summed E-state index contributed by atoms with van der Waals surface area (Å²) in [5.74, 6) is 2.05. The van der Waals surface area contributed by atoms with Crippen molar-refractivity contribution in [2.75, 3.05) is 30.4 Å². The molecule has 0 aliphatic rings. The van der Waals surface area contributed by atoms with Crippen molar-refractivity contribution in [1.29, 1.82) is 0 Å². The van der Waals surface area contributed by atoms with Gasteiger partial charge in [0.05, 0.1) is 25.4 Å². The van der Waals surface area contributed by atoms with Crippen molar-refractivity contribution in [2.24, 2.45) is 5.92 Å². The van der Waals surface area contributed by atoms with Crippen molar-refractivity contribution in [1.82, 2.24) is 0 Å². The number of carbonyl (C=O) groups is 1. The number of ether oxygens (including phenoxy) is 2. The molecule has 0 heterocycles. The third kappa shape index (κ3) is 6.67. The smallest absolute Gasteiger partial charge is 0.243 e. The predicted molar refractivity (Wildman–Crippen MR) is 106 cm³/mol. The second-order valence-corrected chi connectivity index (χ2v) is 6.39. The summed E-state index contributed by atoms with van der Waals surface area (Å²) < 4.78 is 11.2. The molecule has 2 rings (SSSR count). The van der Waals surface area contributed by atoms with Gasteiger partial charge < -0.3 is 20.1 Å². The van der Waals surface area contributed by atoms with Gasteiger partial charge in [-0.15, -0.1) is 0 Å². The van der Waals surface area contributed by atoms with E-state index in [1.807, 2.05) is 55.5 Å². The molecule has 0 saturated carbocycles. The molecule has 0 aliphatic carbocycles. The second-order valence-electron chi connectivity index (χ2n) is 6.39. The van der Waals surface area contributed by atoms with E-state index in [1.54, 1.807) is 0 Å². The number of hydrogen-bond acceptors (Lipinski definition) is 4. The molecule has 0 unspecified atom stereocenters. The molecule has 0 bridgehead atoms. The number of anilines is 2. The fraction of sp³-hybridized carbons (Fsp3) is 0.381. The molecular weight excluding hydrogens is 328 g/mol. The molecule has 0 saturated heterocycles. The van der Waals surface area contributed by atoms with Crippen LogP contribution in [0.1, 0.15) is 27.2 Å². The van der Waals surface area contributed by atoms with E-state index in [4.69, 9.17) is 9.47 Å². The molecule has 0 radical (unpaired) electrons. The Kier molecular flexibility index (Phi) is 7.80. The van der Waals surface area contributed by atoms with Gasteiger partial charge in [0.2, 0.25) is 5.91 Å². The lowest BCUT2D eigenvalue weighted by Crippen LogP contribution is -2.22. The van der Waals surface area contributed by atoms with Crippen LogP contribution in [0.25, 0.3) is 0 Å². The molecular formula is C21H28N2O3. The van der Waals surface area contributed by atoms with Crippen LogP contribution in [0, 0.1) is 5.92 Å². The fourth-order valence-corrected chi connectivity index (χ4v) is 2.32. The van der Waals surface area contributed by atoms with Crippen LogP contribution in [-0.2, 0) is 4.79 Å². The molecule has 5 nitrogen and oxygen atoms in total. The Morgan fingerprint density at radius 3 is 2.46 bits per heavy atom. The Balaban J connectivity index is 1.81. The van der Waals surface area contributed by atoms with Gasteiger partial charge in [-0.1, -0.05) is 26.0 Å². The molecule has 5 heteroatoms. The van der Waals surface area contributed by atoms with Gasteiger partial charge >= 0.3 is 0 Å². The minimum atomic E-state index is -0.121. The van der Waals surface area contributed by atoms with Gasteiger partial charge in [-0.3, -0.25) is 4.79 Å². The summed E-state index contributed by atoms with van der Waals surface area (Å²) in [7, 11) is 0. The van der Waals surface area contributed by atoms with Crippen LogP contribution >= 0.6 is 0 Å². The van der Waals surface area contributed by atoms with Crippen LogP contribution in [0.5, 0.6) is 11.5 Å². The molecule has 1 amide bonds. The highest BCUT2D eigenvalue weighted by molar-refractivity contribution is 5.94. The van der Waals surface area contributed by atoms with Crippen LogP contribution in [0.3, 0.4) is 0 Å². The van der Waals surface area contributed by atoms with E-state index in [0.29, 0.717) is 19.1 Å². The summed E-state index contributed by atoms with van der Waals surface area (Å²) in [6.07, 6.45) is 1.02. The van der Waals surface area contributed by atoms with E-state index in [2.05, 4.69) is 24.5 Å². The zero-order chi connectivity index (χ0) is 18.8. The van der Waals surface area contributed by atoms with E-state index in [-0.39, 0.29) is 12.5 Å². The van der Waals surface area contributed by atoms with Crippen molar-refractivity contribution in [2.45, 2.75) is 27.2 Å². The monoisotopic (exact) mass is 356 g/mol. The van der Waals surface area contributed by atoms with Crippen molar-refractivity contribution in [3.05, 3.63) is 48.5 Å². The third-order valence-corrected chi connectivity index (χ3v) is 3.73. The summed E-state index contributed by atoms with van der Waals surface area (Å²) in [4.78, 5) is 12.1. The van der Waals surface area contributed by atoms with E-state index < -0.39 is 0 Å². The molecule has 0 aromatic heterocycles. The maximum atomic E-state index is 12.1. The van der Waals surface area contributed by atoms with E-state index >= 15 is 0 Å². The summed E-state index contributed by atoms with van der Waals surface area (Å²) >= 11 is 0. The third-order valence-electron chi connectivity index (χ3n) is 3.73. The fourth-order valence-electron chi connectivity index (χ4n) is 2.32. The Hall–Kier alpha value is -2.69. The largest absolute Gasteiger partial charge is 0.494 e. The van der Waals surface area contributed by atoms with Crippen LogP contribution < -0.4 is 20.1 Å². The van der Waals surface area contributed by atoms with Gasteiger partial charge in [-0.05, 0) is 55.7 Å². The zero-order valence-corrected chi connectivity index (χ0v) is 15.7. The van der Waals surface area contributed by atoms with Crippen molar-refractivity contribution in [3.8, 4) is 11.5 Å². The van der Waals surface area contributed by atoms with Crippen LogP contribution in [0.4, 0.5) is 11.4 Å². The molecule has 2 N–H and O–H groups in total. The molecule has 0 atom stereocenters. The van der Waals surface area contributed by atoms with Gasteiger partial charge in [0, 0.05) is 5.69 Å². The van der Waals surface area contributed by atoms with Crippen molar-refractivity contribution < 1.29 is 14.3 Å². The lowest BCUT2D eigenvalue weighted by molar-refractivity contribution is -0.114. The summed E-state index contributed by atoms with van der Waals surface area (Å²) in [6.45, 7) is 7.71. The molecule has 26 heavy (non-hydrogen) atoms. The number of amides is 1.